The minimum absolute atomic E-state index is 0.231. The van der Waals surface area contributed by atoms with Gasteiger partial charge in [0.25, 0.3) is 0 Å². The van der Waals surface area contributed by atoms with Crippen LogP contribution >= 0.6 is 0 Å². The van der Waals surface area contributed by atoms with E-state index < -0.39 is 0 Å². The Morgan fingerprint density at radius 3 is 2.44 bits per heavy atom. The first-order valence-electron chi connectivity index (χ1n) is 6.68. The van der Waals surface area contributed by atoms with Crippen LogP contribution in [0.15, 0.2) is 24.3 Å². The molecule has 0 fully saturated rings. The SMILES string of the molecule is CCCCc1ccc(OCC(COC)NC)cc1. The molecule has 0 aliphatic carbocycles. The summed E-state index contributed by atoms with van der Waals surface area (Å²) in [6.07, 6.45) is 3.63. The summed E-state index contributed by atoms with van der Waals surface area (Å²) in [4.78, 5) is 0. The second-order valence-electron chi connectivity index (χ2n) is 4.50. The smallest absolute Gasteiger partial charge is 0.119 e. The van der Waals surface area contributed by atoms with Gasteiger partial charge < -0.3 is 14.8 Å². The first-order chi connectivity index (χ1) is 8.80. The Morgan fingerprint density at radius 1 is 1.17 bits per heavy atom. The van der Waals surface area contributed by atoms with Crippen LogP contribution in [0, 0.1) is 0 Å². The highest BCUT2D eigenvalue weighted by Crippen LogP contribution is 2.14. The van der Waals surface area contributed by atoms with Crippen molar-refractivity contribution in [1.82, 2.24) is 5.32 Å². The quantitative estimate of drug-likeness (QED) is 0.732. The van der Waals surface area contributed by atoms with Crippen molar-refractivity contribution in [3.63, 3.8) is 0 Å². The van der Waals surface area contributed by atoms with Gasteiger partial charge in [0.2, 0.25) is 0 Å². The van der Waals surface area contributed by atoms with Gasteiger partial charge in [-0.15, -0.1) is 0 Å². The van der Waals surface area contributed by atoms with Crippen molar-refractivity contribution < 1.29 is 9.47 Å². The molecule has 0 bridgehead atoms. The molecular weight excluding hydrogens is 226 g/mol. The summed E-state index contributed by atoms with van der Waals surface area (Å²) in [5.41, 5.74) is 1.38. The van der Waals surface area contributed by atoms with E-state index in [1.807, 2.05) is 19.2 Å². The Kier molecular flexibility index (Phi) is 7.46. The van der Waals surface area contributed by atoms with E-state index in [1.165, 1.54) is 18.4 Å². The van der Waals surface area contributed by atoms with Gasteiger partial charge in [0.05, 0.1) is 12.6 Å². The van der Waals surface area contributed by atoms with Crippen LogP contribution in [-0.2, 0) is 11.2 Å². The minimum atomic E-state index is 0.231. The highest BCUT2D eigenvalue weighted by molar-refractivity contribution is 5.27. The molecule has 0 aliphatic rings. The third-order valence-corrected chi connectivity index (χ3v) is 2.97. The molecule has 1 aromatic carbocycles. The van der Waals surface area contributed by atoms with Crippen molar-refractivity contribution in [2.24, 2.45) is 0 Å². The van der Waals surface area contributed by atoms with E-state index in [0.717, 1.165) is 12.2 Å². The predicted molar refractivity (Wildman–Crippen MR) is 75.3 cm³/mol. The summed E-state index contributed by atoms with van der Waals surface area (Å²) in [5.74, 6) is 0.923. The molecule has 0 saturated carbocycles. The summed E-state index contributed by atoms with van der Waals surface area (Å²) >= 11 is 0. The number of hydrogen-bond donors (Lipinski definition) is 1. The first-order valence-corrected chi connectivity index (χ1v) is 6.68. The van der Waals surface area contributed by atoms with E-state index in [9.17, 15) is 0 Å². The molecule has 18 heavy (non-hydrogen) atoms. The third-order valence-electron chi connectivity index (χ3n) is 2.97. The van der Waals surface area contributed by atoms with Gasteiger partial charge in [0.1, 0.15) is 12.4 Å². The Balaban J connectivity index is 2.38. The molecule has 102 valence electrons. The molecule has 0 aliphatic heterocycles. The summed E-state index contributed by atoms with van der Waals surface area (Å²) < 4.78 is 10.8. The summed E-state index contributed by atoms with van der Waals surface area (Å²) in [6.45, 7) is 3.49. The maximum Gasteiger partial charge on any atom is 0.119 e. The van der Waals surface area contributed by atoms with Gasteiger partial charge in [-0.2, -0.15) is 0 Å². The standard InChI is InChI=1S/C15H25NO2/c1-4-5-6-13-7-9-15(10-8-13)18-12-14(16-2)11-17-3/h7-10,14,16H,4-6,11-12H2,1-3H3. The summed E-state index contributed by atoms with van der Waals surface area (Å²) in [5, 5.41) is 3.16. The number of methoxy groups -OCH3 is 1. The molecule has 0 amide bonds. The van der Waals surface area contributed by atoms with Crippen LogP contribution in [-0.4, -0.2) is 33.4 Å². The van der Waals surface area contributed by atoms with Crippen LogP contribution in [0.4, 0.5) is 0 Å². The number of benzene rings is 1. The lowest BCUT2D eigenvalue weighted by Crippen LogP contribution is -2.35. The number of aryl methyl sites for hydroxylation is 1. The van der Waals surface area contributed by atoms with Crippen molar-refractivity contribution >= 4 is 0 Å². The second-order valence-corrected chi connectivity index (χ2v) is 4.50. The molecular formula is C15H25NO2. The Labute approximate surface area is 110 Å². The molecule has 0 radical (unpaired) electrons. The van der Waals surface area contributed by atoms with Crippen molar-refractivity contribution in [3.05, 3.63) is 29.8 Å². The number of nitrogens with one attached hydrogen (secondary N) is 1. The lowest BCUT2D eigenvalue weighted by atomic mass is 10.1. The molecule has 1 aromatic rings. The largest absolute Gasteiger partial charge is 0.492 e. The molecule has 0 aromatic heterocycles. The van der Waals surface area contributed by atoms with Gasteiger partial charge in [0.15, 0.2) is 0 Å². The zero-order valence-corrected chi connectivity index (χ0v) is 11.7. The van der Waals surface area contributed by atoms with Crippen LogP contribution in [0.3, 0.4) is 0 Å². The van der Waals surface area contributed by atoms with E-state index in [1.54, 1.807) is 7.11 Å². The minimum Gasteiger partial charge on any atom is -0.492 e. The number of ether oxygens (including phenoxy) is 2. The van der Waals surface area contributed by atoms with Crippen molar-refractivity contribution in [1.29, 1.82) is 0 Å². The lowest BCUT2D eigenvalue weighted by Gasteiger charge is -2.16. The number of rotatable bonds is 9. The molecule has 1 unspecified atom stereocenters. The van der Waals surface area contributed by atoms with E-state index >= 15 is 0 Å². The van der Waals surface area contributed by atoms with Crippen molar-refractivity contribution in [2.75, 3.05) is 27.4 Å². The van der Waals surface area contributed by atoms with Crippen LogP contribution in [0.5, 0.6) is 5.75 Å². The Hall–Kier alpha value is -1.06. The first kappa shape index (κ1) is 15.0. The lowest BCUT2D eigenvalue weighted by molar-refractivity contribution is 0.140. The fourth-order valence-electron chi connectivity index (χ4n) is 1.75. The van der Waals surface area contributed by atoms with Gasteiger partial charge in [-0.3, -0.25) is 0 Å². The summed E-state index contributed by atoms with van der Waals surface area (Å²) in [7, 11) is 3.62. The van der Waals surface area contributed by atoms with E-state index in [2.05, 4.69) is 24.4 Å². The average Bonchev–Trinajstić information content (AvgIpc) is 2.42. The fraction of sp³-hybridized carbons (Fsp3) is 0.600. The molecule has 1 N–H and O–H groups in total. The van der Waals surface area contributed by atoms with Crippen molar-refractivity contribution in [2.45, 2.75) is 32.2 Å². The zero-order chi connectivity index (χ0) is 13.2. The van der Waals surface area contributed by atoms with Gasteiger partial charge in [0, 0.05) is 7.11 Å². The molecule has 0 saturated heterocycles. The average molecular weight is 251 g/mol. The van der Waals surface area contributed by atoms with Gasteiger partial charge in [-0.1, -0.05) is 25.5 Å². The molecule has 3 nitrogen and oxygen atoms in total. The highest BCUT2D eigenvalue weighted by atomic mass is 16.5. The van der Waals surface area contributed by atoms with Crippen molar-refractivity contribution in [3.8, 4) is 5.75 Å². The third kappa shape index (κ3) is 5.52. The number of likely N-dealkylation sites (N-methyl/N-ethyl adjacent to an activating group) is 1. The number of hydrogen-bond acceptors (Lipinski definition) is 3. The predicted octanol–water partition coefficient (Wildman–Crippen LogP) is 2.64. The van der Waals surface area contributed by atoms with E-state index in [0.29, 0.717) is 13.2 Å². The van der Waals surface area contributed by atoms with Gasteiger partial charge in [-0.05, 0) is 37.6 Å². The molecule has 1 atom stereocenters. The van der Waals surface area contributed by atoms with Crippen LogP contribution in [0.1, 0.15) is 25.3 Å². The monoisotopic (exact) mass is 251 g/mol. The van der Waals surface area contributed by atoms with E-state index in [4.69, 9.17) is 9.47 Å². The maximum atomic E-state index is 5.73. The topological polar surface area (TPSA) is 30.5 Å². The van der Waals surface area contributed by atoms with Crippen LogP contribution in [0.2, 0.25) is 0 Å². The van der Waals surface area contributed by atoms with Gasteiger partial charge in [-0.25, -0.2) is 0 Å². The fourth-order valence-corrected chi connectivity index (χ4v) is 1.75. The maximum absolute atomic E-state index is 5.73. The zero-order valence-electron chi connectivity index (χ0n) is 11.7. The molecule has 3 heteroatoms. The van der Waals surface area contributed by atoms with E-state index in [-0.39, 0.29) is 6.04 Å². The Bertz CT molecular complexity index is 311. The number of unbranched alkanes of at least 4 members (excludes halogenated alkanes) is 1. The Morgan fingerprint density at radius 2 is 1.89 bits per heavy atom. The second kappa shape index (κ2) is 8.95. The van der Waals surface area contributed by atoms with Gasteiger partial charge >= 0.3 is 0 Å². The molecule has 0 heterocycles. The van der Waals surface area contributed by atoms with Crippen LogP contribution in [0.25, 0.3) is 0 Å². The molecule has 0 spiro atoms. The summed E-state index contributed by atoms with van der Waals surface area (Å²) in [6, 6.07) is 8.62. The highest BCUT2D eigenvalue weighted by Gasteiger charge is 2.06. The van der Waals surface area contributed by atoms with Crippen LogP contribution < -0.4 is 10.1 Å². The molecule has 1 rings (SSSR count). The normalized spacial score (nSPS) is 12.4.